The minimum absolute atomic E-state index is 0.196. The Balaban J connectivity index is 2.12. The maximum absolute atomic E-state index is 11.5. The third-order valence-electron chi connectivity index (χ3n) is 3.24. The van der Waals surface area contributed by atoms with Crippen LogP contribution in [0, 0.1) is 11.3 Å². The van der Waals surface area contributed by atoms with Crippen molar-refractivity contribution in [2.24, 2.45) is 11.3 Å². The summed E-state index contributed by atoms with van der Waals surface area (Å²) in [6.07, 6.45) is 5.18. The fraction of sp³-hybridized carbons (Fsp3) is 0.636. The monoisotopic (exact) mass is 210 g/mol. The molecule has 0 saturated heterocycles. The average Bonchev–Trinajstić information content (AvgIpc) is 2.88. The summed E-state index contributed by atoms with van der Waals surface area (Å²) in [6.45, 7) is 1.38. The van der Waals surface area contributed by atoms with Crippen LogP contribution in [-0.2, 0) is 19.1 Å². The van der Waals surface area contributed by atoms with Crippen molar-refractivity contribution in [3.05, 3.63) is 12.2 Å². The standard InChI is InChI=1S/C11H14O4/c1-7(12)15-9-4-3-8(10(13)14-2)11(9)5-6-11/h3-4,8-9H,5-6H2,1-2H3/t8-,9+/m0/s1. The van der Waals surface area contributed by atoms with E-state index in [0.717, 1.165) is 12.8 Å². The number of ether oxygens (including phenoxy) is 2. The van der Waals surface area contributed by atoms with Crippen molar-refractivity contribution in [1.29, 1.82) is 0 Å². The molecule has 2 atom stereocenters. The van der Waals surface area contributed by atoms with Gasteiger partial charge in [-0.3, -0.25) is 9.59 Å². The van der Waals surface area contributed by atoms with Gasteiger partial charge in [-0.1, -0.05) is 6.08 Å². The third-order valence-corrected chi connectivity index (χ3v) is 3.24. The molecule has 0 bridgehead atoms. The second-order valence-electron chi connectivity index (χ2n) is 4.15. The molecule has 15 heavy (non-hydrogen) atoms. The third kappa shape index (κ3) is 1.54. The number of carbonyl (C=O) groups excluding carboxylic acids is 2. The predicted octanol–water partition coefficient (Wildman–Crippen LogP) is 1.06. The molecular formula is C11H14O4. The highest BCUT2D eigenvalue weighted by molar-refractivity contribution is 5.77. The second kappa shape index (κ2) is 3.36. The van der Waals surface area contributed by atoms with Crippen LogP contribution in [-0.4, -0.2) is 25.2 Å². The van der Waals surface area contributed by atoms with Gasteiger partial charge in [-0.05, 0) is 18.9 Å². The molecule has 0 aromatic heterocycles. The Morgan fingerprint density at radius 3 is 2.47 bits per heavy atom. The molecule has 1 fully saturated rings. The Morgan fingerprint density at radius 1 is 1.33 bits per heavy atom. The topological polar surface area (TPSA) is 52.6 Å². The SMILES string of the molecule is COC(=O)[C@@H]1C=C[C@@H](OC(C)=O)C12CC2. The molecule has 1 spiro atoms. The Bertz CT molecular complexity index is 327. The van der Waals surface area contributed by atoms with Crippen LogP contribution in [0.5, 0.6) is 0 Å². The Labute approximate surface area is 88.2 Å². The highest BCUT2D eigenvalue weighted by atomic mass is 16.5. The van der Waals surface area contributed by atoms with Gasteiger partial charge in [0.15, 0.2) is 0 Å². The number of methoxy groups -OCH3 is 1. The molecule has 4 nitrogen and oxygen atoms in total. The molecule has 0 N–H and O–H groups in total. The van der Waals surface area contributed by atoms with Crippen molar-refractivity contribution in [3.63, 3.8) is 0 Å². The van der Waals surface area contributed by atoms with E-state index in [4.69, 9.17) is 9.47 Å². The lowest BCUT2D eigenvalue weighted by molar-refractivity contribution is -0.153. The smallest absolute Gasteiger partial charge is 0.313 e. The second-order valence-corrected chi connectivity index (χ2v) is 4.15. The molecule has 2 aliphatic rings. The van der Waals surface area contributed by atoms with Gasteiger partial charge in [0.2, 0.25) is 0 Å². The van der Waals surface area contributed by atoms with Crippen molar-refractivity contribution >= 4 is 11.9 Å². The first kappa shape index (κ1) is 10.2. The minimum Gasteiger partial charge on any atom is -0.469 e. The number of carbonyl (C=O) groups is 2. The number of hydrogen-bond acceptors (Lipinski definition) is 4. The maximum atomic E-state index is 11.5. The van der Waals surface area contributed by atoms with E-state index in [1.165, 1.54) is 14.0 Å². The Morgan fingerprint density at radius 2 is 2.00 bits per heavy atom. The Kier molecular flexibility index (Phi) is 2.29. The van der Waals surface area contributed by atoms with E-state index in [0.29, 0.717) is 0 Å². The van der Waals surface area contributed by atoms with Crippen molar-refractivity contribution in [2.75, 3.05) is 7.11 Å². The zero-order valence-electron chi connectivity index (χ0n) is 8.86. The summed E-state index contributed by atoms with van der Waals surface area (Å²) in [4.78, 5) is 22.4. The fourth-order valence-corrected chi connectivity index (χ4v) is 2.29. The van der Waals surface area contributed by atoms with Gasteiger partial charge in [0, 0.05) is 12.3 Å². The summed E-state index contributed by atoms with van der Waals surface area (Å²) >= 11 is 0. The van der Waals surface area contributed by atoms with Crippen molar-refractivity contribution < 1.29 is 19.1 Å². The molecule has 2 aliphatic carbocycles. The van der Waals surface area contributed by atoms with Crippen LogP contribution < -0.4 is 0 Å². The summed E-state index contributed by atoms with van der Waals surface area (Å²) in [5, 5.41) is 0. The fourth-order valence-electron chi connectivity index (χ4n) is 2.29. The van der Waals surface area contributed by atoms with Gasteiger partial charge >= 0.3 is 11.9 Å². The molecule has 0 unspecified atom stereocenters. The van der Waals surface area contributed by atoms with E-state index in [9.17, 15) is 9.59 Å². The Hall–Kier alpha value is -1.32. The highest BCUT2D eigenvalue weighted by Crippen LogP contribution is 2.59. The predicted molar refractivity (Wildman–Crippen MR) is 51.9 cm³/mol. The van der Waals surface area contributed by atoms with Gasteiger partial charge < -0.3 is 9.47 Å². The lowest BCUT2D eigenvalue weighted by Gasteiger charge is -2.22. The molecule has 0 aromatic carbocycles. The zero-order valence-corrected chi connectivity index (χ0v) is 8.86. The van der Waals surface area contributed by atoms with Crippen molar-refractivity contribution in [2.45, 2.75) is 25.9 Å². The molecule has 0 aromatic rings. The highest BCUT2D eigenvalue weighted by Gasteiger charge is 2.60. The van der Waals surface area contributed by atoms with E-state index in [-0.39, 0.29) is 29.4 Å². The summed E-state index contributed by atoms with van der Waals surface area (Å²) in [5.41, 5.74) is -0.196. The van der Waals surface area contributed by atoms with Crippen LogP contribution in [0.3, 0.4) is 0 Å². The summed E-state index contributed by atoms with van der Waals surface area (Å²) in [6, 6.07) is 0. The molecule has 0 heterocycles. The van der Waals surface area contributed by atoms with Gasteiger partial charge in [-0.15, -0.1) is 0 Å². The largest absolute Gasteiger partial charge is 0.469 e. The first-order chi connectivity index (χ1) is 7.10. The zero-order chi connectivity index (χ0) is 11.1. The number of hydrogen-bond donors (Lipinski definition) is 0. The maximum Gasteiger partial charge on any atom is 0.313 e. The van der Waals surface area contributed by atoms with E-state index < -0.39 is 0 Å². The van der Waals surface area contributed by atoms with E-state index in [1.807, 2.05) is 0 Å². The van der Waals surface area contributed by atoms with E-state index >= 15 is 0 Å². The number of rotatable bonds is 2. The van der Waals surface area contributed by atoms with Gasteiger partial charge in [0.25, 0.3) is 0 Å². The molecule has 82 valence electrons. The van der Waals surface area contributed by atoms with Crippen LogP contribution in [0.15, 0.2) is 12.2 Å². The van der Waals surface area contributed by atoms with Crippen LogP contribution in [0.4, 0.5) is 0 Å². The van der Waals surface area contributed by atoms with Gasteiger partial charge in [-0.2, -0.15) is 0 Å². The summed E-state index contributed by atoms with van der Waals surface area (Å²) < 4.78 is 9.91. The molecule has 0 radical (unpaired) electrons. The van der Waals surface area contributed by atoms with E-state index in [1.54, 1.807) is 12.2 Å². The van der Waals surface area contributed by atoms with Gasteiger partial charge in [0.05, 0.1) is 13.0 Å². The number of esters is 2. The summed E-state index contributed by atoms with van der Waals surface area (Å²) in [7, 11) is 1.38. The van der Waals surface area contributed by atoms with Crippen molar-refractivity contribution in [3.8, 4) is 0 Å². The molecule has 0 aliphatic heterocycles. The minimum atomic E-state index is -0.304. The molecule has 4 heteroatoms. The molecule has 0 amide bonds. The normalized spacial score (nSPS) is 30.3. The lowest BCUT2D eigenvalue weighted by Crippen LogP contribution is -2.31. The van der Waals surface area contributed by atoms with E-state index in [2.05, 4.69) is 0 Å². The van der Waals surface area contributed by atoms with Crippen LogP contribution in [0.1, 0.15) is 19.8 Å². The van der Waals surface area contributed by atoms with Crippen LogP contribution in [0.2, 0.25) is 0 Å². The first-order valence-electron chi connectivity index (χ1n) is 5.03. The first-order valence-corrected chi connectivity index (χ1v) is 5.03. The molecular weight excluding hydrogens is 196 g/mol. The van der Waals surface area contributed by atoms with Gasteiger partial charge in [0.1, 0.15) is 6.10 Å². The van der Waals surface area contributed by atoms with Crippen LogP contribution >= 0.6 is 0 Å². The van der Waals surface area contributed by atoms with Crippen molar-refractivity contribution in [1.82, 2.24) is 0 Å². The van der Waals surface area contributed by atoms with Gasteiger partial charge in [-0.25, -0.2) is 0 Å². The average molecular weight is 210 g/mol. The quantitative estimate of drug-likeness (QED) is 0.505. The molecule has 1 saturated carbocycles. The van der Waals surface area contributed by atoms with Crippen LogP contribution in [0.25, 0.3) is 0 Å². The lowest BCUT2D eigenvalue weighted by atomic mass is 9.90. The summed E-state index contributed by atoms with van der Waals surface area (Å²) in [5.74, 6) is -0.785. The molecule has 2 rings (SSSR count).